The van der Waals surface area contributed by atoms with Gasteiger partial charge in [0.1, 0.15) is 5.82 Å². The number of ether oxygens (including phenoxy) is 1. The van der Waals surface area contributed by atoms with Crippen molar-refractivity contribution in [2.45, 2.75) is 0 Å². The van der Waals surface area contributed by atoms with Crippen LogP contribution in [0.5, 0.6) is 5.75 Å². The molecule has 0 aromatic heterocycles. The number of para-hydroxylation sites is 1. The molecule has 2 aromatic rings. The van der Waals surface area contributed by atoms with Crippen LogP contribution >= 0.6 is 11.6 Å². The number of amides is 1. The summed E-state index contributed by atoms with van der Waals surface area (Å²) < 4.78 is 19.2. The highest BCUT2D eigenvalue weighted by molar-refractivity contribution is 6.30. The zero-order valence-electron chi connectivity index (χ0n) is 14.3. The normalized spacial score (nSPS) is 14.1. The maximum atomic E-state index is 13.9. The number of hydrogen-bond acceptors (Lipinski definition) is 5. The lowest BCUT2D eigenvalue weighted by molar-refractivity contribution is -0.385. The topological polar surface area (TPSA) is 75.9 Å². The molecule has 7 nitrogen and oxygen atoms in total. The summed E-state index contributed by atoms with van der Waals surface area (Å²) in [6.07, 6.45) is 0. The summed E-state index contributed by atoms with van der Waals surface area (Å²) in [5.74, 6) is -0.592. The van der Waals surface area contributed by atoms with Gasteiger partial charge in [0.15, 0.2) is 12.4 Å². The first-order valence-corrected chi connectivity index (χ1v) is 8.67. The van der Waals surface area contributed by atoms with Crippen molar-refractivity contribution in [3.8, 4) is 5.75 Å². The zero-order valence-corrected chi connectivity index (χ0v) is 15.1. The predicted molar refractivity (Wildman–Crippen MR) is 98.8 cm³/mol. The second kappa shape index (κ2) is 8.22. The lowest BCUT2D eigenvalue weighted by Gasteiger charge is -2.36. The van der Waals surface area contributed by atoms with Crippen molar-refractivity contribution in [2.24, 2.45) is 0 Å². The second-order valence-corrected chi connectivity index (χ2v) is 6.41. The molecule has 1 aliphatic rings. The maximum Gasteiger partial charge on any atom is 0.312 e. The SMILES string of the molecule is O=C(COc1ccc(Cl)cc1[N+](=O)[O-])N1CCN(c2ccccc2F)CC1. The van der Waals surface area contributed by atoms with Crippen LogP contribution in [-0.4, -0.2) is 48.5 Å². The van der Waals surface area contributed by atoms with Crippen LogP contribution in [0.2, 0.25) is 5.02 Å². The fourth-order valence-electron chi connectivity index (χ4n) is 2.89. The van der Waals surface area contributed by atoms with E-state index in [2.05, 4.69) is 0 Å². The molecule has 1 heterocycles. The van der Waals surface area contributed by atoms with E-state index in [9.17, 15) is 19.3 Å². The Morgan fingerprint density at radius 2 is 1.89 bits per heavy atom. The van der Waals surface area contributed by atoms with Gasteiger partial charge in [0.05, 0.1) is 10.6 Å². The fraction of sp³-hybridized carbons (Fsp3) is 0.278. The Hall–Kier alpha value is -2.87. The largest absolute Gasteiger partial charge is 0.477 e. The van der Waals surface area contributed by atoms with Gasteiger partial charge in [-0.15, -0.1) is 0 Å². The van der Waals surface area contributed by atoms with Crippen LogP contribution in [0.25, 0.3) is 0 Å². The zero-order chi connectivity index (χ0) is 19.4. The number of piperazine rings is 1. The van der Waals surface area contributed by atoms with Gasteiger partial charge in [-0.05, 0) is 24.3 Å². The van der Waals surface area contributed by atoms with Gasteiger partial charge in [0.25, 0.3) is 5.91 Å². The van der Waals surface area contributed by atoms with Crippen molar-refractivity contribution in [1.82, 2.24) is 4.90 Å². The van der Waals surface area contributed by atoms with Gasteiger partial charge in [-0.1, -0.05) is 23.7 Å². The number of halogens is 2. The number of rotatable bonds is 5. The van der Waals surface area contributed by atoms with E-state index >= 15 is 0 Å². The molecule has 0 atom stereocenters. The van der Waals surface area contributed by atoms with Crippen molar-refractivity contribution in [3.05, 3.63) is 63.4 Å². The highest BCUT2D eigenvalue weighted by Gasteiger charge is 2.24. The van der Waals surface area contributed by atoms with Crippen molar-refractivity contribution >= 4 is 28.9 Å². The second-order valence-electron chi connectivity index (χ2n) is 5.98. The molecule has 27 heavy (non-hydrogen) atoms. The van der Waals surface area contributed by atoms with E-state index in [0.717, 1.165) is 0 Å². The minimum absolute atomic E-state index is 0.0113. The van der Waals surface area contributed by atoms with Crippen LogP contribution in [-0.2, 0) is 4.79 Å². The minimum atomic E-state index is -0.612. The van der Waals surface area contributed by atoms with Crippen LogP contribution in [0.1, 0.15) is 0 Å². The van der Waals surface area contributed by atoms with Gasteiger partial charge < -0.3 is 14.5 Å². The van der Waals surface area contributed by atoms with Crippen molar-refractivity contribution in [2.75, 3.05) is 37.7 Å². The highest BCUT2D eigenvalue weighted by Crippen LogP contribution is 2.30. The van der Waals surface area contributed by atoms with Gasteiger partial charge in [0.2, 0.25) is 0 Å². The number of benzene rings is 2. The van der Waals surface area contributed by atoms with E-state index in [-0.39, 0.29) is 34.8 Å². The summed E-state index contributed by atoms with van der Waals surface area (Å²) in [6, 6.07) is 10.5. The smallest absolute Gasteiger partial charge is 0.312 e. The monoisotopic (exact) mass is 393 g/mol. The molecule has 1 saturated heterocycles. The van der Waals surface area contributed by atoms with E-state index < -0.39 is 4.92 Å². The summed E-state index contributed by atoms with van der Waals surface area (Å²) in [5.41, 5.74) is 0.220. The molecule has 3 rings (SSSR count). The van der Waals surface area contributed by atoms with Crippen LogP contribution in [0.3, 0.4) is 0 Å². The van der Waals surface area contributed by atoms with Crippen LogP contribution in [0.15, 0.2) is 42.5 Å². The standard InChI is InChI=1S/C18H17ClFN3O4/c19-13-5-6-17(16(11-13)23(25)26)27-12-18(24)22-9-7-21(8-10-22)15-4-2-1-3-14(15)20/h1-6,11H,7-10,12H2. The van der Waals surface area contributed by atoms with Crippen LogP contribution in [0, 0.1) is 15.9 Å². The Morgan fingerprint density at radius 1 is 1.19 bits per heavy atom. The average molecular weight is 394 g/mol. The molecule has 0 unspecified atom stereocenters. The Balaban J connectivity index is 1.56. The minimum Gasteiger partial charge on any atom is -0.477 e. The fourth-order valence-corrected chi connectivity index (χ4v) is 3.06. The summed E-state index contributed by atoms with van der Waals surface area (Å²) in [5, 5.41) is 11.3. The van der Waals surface area contributed by atoms with Gasteiger partial charge in [-0.25, -0.2) is 4.39 Å². The van der Waals surface area contributed by atoms with E-state index in [0.29, 0.717) is 31.9 Å². The molecule has 0 radical (unpaired) electrons. The van der Waals surface area contributed by atoms with E-state index in [1.807, 2.05) is 4.90 Å². The van der Waals surface area contributed by atoms with Gasteiger partial charge in [-0.2, -0.15) is 0 Å². The van der Waals surface area contributed by atoms with Crippen LogP contribution in [0.4, 0.5) is 15.8 Å². The van der Waals surface area contributed by atoms with Crippen molar-refractivity contribution in [3.63, 3.8) is 0 Å². The number of anilines is 1. The quantitative estimate of drug-likeness (QED) is 0.576. The first-order valence-electron chi connectivity index (χ1n) is 8.29. The lowest BCUT2D eigenvalue weighted by Crippen LogP contribution is -2.50. The van der Waals surface area contributed by atoms with E-state index in [1.54, 1.807) is 23.1 Å². The molecule has 1 amide bonds. The van der Waals surface area contributed by atoms with Crippen molar-refractivity contribution < 1.29 is 18.8 Å². The molecule has 1 fully saturated rings. The lowest BCUT2D eigenvalue weighted by atomic mass is 10.2. The molecule has 142 valence electrons. The molecule has 1 aliphatic heterocycles. The summed E-state index contributed by atoms with van der Waals surface area (Å²) in [7, 11) is 0. The number of carbonyl (C=O) groups excluding carboxylic acids is 1. The molecule has 2 aromatic carbocycles. The average Bonchev–Trinajstić information content (AvgIpc) is 2.67. The molecular weight excluding hydrogens is 377 g/mol. The Bertz CT molecular complexity index is 856. The first-order chi connectivity index (χ1) is 13.0. The van der Waals surface area contributed by atoms with Crippen LogP contribution < -0.4 is 9.64 Å². The van der Waals surface area contributed by atoms with Crippen molar-refractivity contribution in [1.29, 1.82) is 0 Å². The third kappa shape index (κ3) is 4.46. The first kappa shape index (κ1) is 18.9. The predicted octanol–water partition coefficient (Wildman–Crippen LogP) is 3.11. The van der Waals surface area contributed by atoms with Gasteiger partial charge in [-0.3, -0.25) is 14.9 Å². The number of hydrogen-bond donors (Lipinski definition) is 0. The molecule has 0 aliphatic carbocycles. The summed E-state index contributed by atoms with van der Waals surface area (Å²) in [6.45, 7) is 1.50. The van der Waals surface area contributed by atoms with E-state index in [4.69, 9.17) is 16.3 Å². The number of nitro benzene ring substituents is 1. The molecule has 0 N–H and O–H groups in total. The number of carbonyl (C=O) groups is 1. The Labute approximate surface area is 160 Å². The molecule has 0 bridgehead atoms. The Kier molecular flexibility index (Phi) is 5.75. The Morgan fingerprint density at radius 3 is 2.56 bits per heavy atom. The summed E-state index contributed by atoms with van der Waals surface area (Å²) in [4.78, 5) is 26.3. The maximum absolute atomic E-state index is 13.9. The molecule has 9 heteroatoms. The summed E-state index contributed by atoms with van der Waals surface area (Å²) >= 11 is 5.75. The third-order valence-electron chi connectivity index (χ3n) is 4.29. The molecule has 0 spiro atoms. The van der Waals surface area contributed by atoms with E-state index in [1.165, 1.54) is 24.3 Å². The van der Waals surface area contributed by atoms with Gasteiger partial charge >= 0.3 is 5.69 Å². The molecule has 0 saturated carbocycles. The highest BCUT2D eigenvalue weighted by atomic mass is 35.5. The molecular formula is C18H17ClFN3O4. The van der Waals surface area contributed by atoms with Gasteiger partial charge in [0, 0.05) is 37.3 Å². The number of nitro groups is 1. The third-order valence-corrected chi connectivity index (χ3v) is 4.53. The number of nitrogens with zero attached hydrogens (tertiary/aromatic N) is 3.